The molecule has 1 aromatic rings. The Labute approximate surface area is 172 Å². The summed E-state index contributed by atoms with van der Waals surface area (Å²) in [5.41, 5.74) is 0. The van der Waals surface area contributed by atoms with Crippen LogP contribution in [0.1, 0.15) is 40.5 Å². The molecule has 1 saturated heterocycles. The minimum atomic E-state index is 0.379. The summed E-state index contributed by atoms with van der Waals surface area (Å²) in [6.45, 7) is 16.4. The highest BCUT2D eigenvalue weighted by molar-refractivity contribution is 5.20. The second-order valence-electron chi connectivity index (χ2n) is 7.28. The van der Waals surface area contributed by atoms with Crippen molar-refractivity contribution in [1.82, 2.24) is 10.2 Å². The summed E-state index contributed by atoms with van der Waals surface area (Å²) in [5, 5.41) is 3.38. The van der Waals surface area contributed by atoms with E-state index in [0.717, 1.165) is 64.5 Å². The first-order valence-corrected chi connectivity index (χ1v) is 11.0. The van der Waals surface area contributed by atoms with Crippen LogP contribution < -0.4 is 10.1 Å². The molecular weight excluding hydrogens is 352 g/mol. The second-order valence-corrected chi connectivity index (χ2v) is 7.28. The number of nitrogens with one attached hydrogen (secondary N) is 1. The van der Waals surface area contributed by atoms with Crippen LogP contribution in [0.2, 0.25) is 0 Å². The molecule has 0 unspecified atom stereocenters. The van der Waals surface area contributed by atoms with E-state index in [4.69, 9.17) is 14.2 Å². The second kappa shape index (κ2) is 16.8. The van der Waals surface area contributed by atoms with E-state index in [1.165, 1.54) is 0 Å². The van der Waals surface area contributed by atoms with Crippen LogP contribution in [0.25, 0.3) is 0 Å². The molecule has 0 spiro atoms. The van der Waals surface area contributed by atoms with Gasteiger partial charge in [0, 0.05) is 26.2 Å². The SMILES string of the molecule is CC.CC(C)CNCCOCCOC1CCN(CCOc2ccccc2)CC1. The third-order valence-electron chi connectivity index (χ3n) is 4.51. The molecule has 0 aromatic heterocycles. The van der Waals surface area contributed by atoms with E-state index in [0.29, 0.717) is 25.2 Å². The quantitative estimate of drug-likeness (QED) is 0.515. The standard InChI is InChI=1S/C21H36N2O3.C2H6/c1-19(2)18-22-10-14-24-16-17-26-21-8-11-23(12-9-21)13-15-25-20-6-4-3-5-7-20;1-2/h3-7,19,21-22H,8-18H2,1-2H3;1-2H3. The number of hydrogen-bond donors (Lipinski definition) is 1. The Balaban J connectivity index is 0.00000190. The van der Waals surface area contributed by atoms with Crippen molar-refractivity contribution in [2.24, 2.45) is 5.92 Å². The zero-order valence-corrected chi connectivity index (χ0v) is 18.5. The average Bonchev–Trinajstić information content (AvgIpc) is 2.73. The Morgan fingerprint density at radius 1 is 1.00 bits per heavy atom. The molecule has 28 heavy (non-hydrogen) atoms. The lowest BCUT2D eigenvalue weighted by Gasteiger charge is -2.31. The largest absolute Gasteiger partial charge is 0.492 e. The van der Waals surface area contributed by atoms with Crippen molar-refractivity contribution >= 4 is 0 Å². The van der Waals surface area contributed by atoms with Gasteiger partial charge in [0.05, 0.1) is 25.9 Å². The Morgan fingerprint density at radius 2 is 1.71 bits per heavy atom. The van der Waals surface area contributed by atoms with Gasteiger partial charge >= 0.3 is 0 Å². The summed E-state index contributed by atoms with van der Waals surface area (Å²) in [4.78, 5) is 2.46. The summed E-state index contributed by atoms with van der Waals surface area (Å²) in [7, 11) is 0. The van der Waals surface area contributed by atoms with E-state index < -0.39 is 0 Å². The summed E-state index contributed by atoms with van der Waals surface area (Å²) in [6.07, 6.45) is 2.58. The van der Waals surface area contributed by atoms with E-state index in [1.807, 2.05) is 44.2 Å². The van der Waals surface area contributed by atoms with Crippen LogP contribution in [0, 0.1) is 5.92 Å². The zero-order chi connectivity index (χ0) is 20.5. The Bertz CT molecular complexity index is 448. The van der Waals surface area contributed by atoms with Crippen LogP contribution >= 0.6 is 0 Å². The maximum atomic E-state index is 5.95. The number of rotatable bonds is 13. The Hall–Kier alpha value is -1.14. The van der Waals surface area contributed by atoms with Gasteiger partial charge in [-0.25, -0.2) is 0 Å². The molecule has 5 heteroatoms. The number of para-hydroxylation sites is 1. The zero-order valence-electron chi connectivity index (χ0n) is 18.5. The van der Waals surface area contributed by atoms with Gasteiger partial charge in [0.2, 0.25) is 0 Å². The molecule has 0 saturated carbocycles. The monoisotopic (exact) mass is 394 g/mol. The van der Waals surface area contributed by atoms with Crippen molar-refractivity contribution in [1.29, 1.82) is 0 Å². The smallest absolute Gasteiger partial charge is 0.119 e. The first-order chi connectivity index (χ1) is 13.7. The number of hydrogen-bond acceptors (Lipinski definition) is 5. The van der Waals surface area contributed by atoms with Crippen molar-refractivity contribution in [2.75, 3.05) is 59.2 Å². The Kier molecular flexibility index (Phi) is 14.9. The van der Waals surface area contributed by atoms with Crippen LogP contribution in [-0.2, 0) is 9.47 Å². The lowest BCUT2D eigenvalue weighted by atomic mass is 10.1. The van der Waals surface area contributed by atoms with E-state index in [9.17, 15) is 0 Å². The van der Waals surface area contributed by atoms with Crippen LogP contribution in [0.3, 0.4) is 0 Å². The number of benzene rings is 1. The molecule has 0 aliphatic carbocycles. The first-order valence-electron chi connectivity index (χ1n) is 11.0. The average molecular weight is 395 g/mol. The molecule has 2 rings (SSSR count). The highest BCUT2D eigenvalue weighted by atomic mass is 16.5. The van der Waals surface area contributed by atoms with Crippen LogP contribution in [0.4, 0.5) is 0 Å². The van der Waals surface area contributed by atoms with Crippen LogP contribution in [0.15, 0.2) is 30.3 Å². The molecule has 0 bridgehead atoms. The lowest BCUT2D eigenvalue weighted by Crippen LogP contribution is -2.39. The van der Waals surface area contributed by atoms with Crippen molar-refractivity contribution < 1.29 is 14.2 Å². The summed E-state index contributed by atoms with van der Waals surface area (Å²) < 4.78 is 17.3. The van der Waals surface area contributed by atoms with Crippen LogP contribution in [-0.4, -0.2) is 70.2 Å². The number of nitrogens with zero attached hydrogens (tertiary/aromatic N) is 1. The maximum absolute atomic E-state index is 5.95. The van der Waals surface area contributed by atoms with Crippen molar-refractivity contribution in [3.05, 3.63) is 30.3 Å². The summed E-state index contributed by atoms with van der Waals surface area (Å²) in [6, 6.07) is 10.0. The minimum Gasteiger partial charge on any atom is -0.492 e. The molecule has 1 aliphatic rings. The van der Waals surface area contributed by atoms with Gasteiger partial charge in [-0.2, -0.15) is 0 Å². The van der Waals surface area contributed by atoms with Gasteiger partial charge in [-0.1, -0.05) is 45.9 Å². The molecule has 0 radical (unpaired) electrons. The third-order valence-corrected chi connectivity index (χ3v) is 4.51. The van der Waals surface area contributed by atoms with Gasteiger partial charge < -0.3 is 19.5 Å². The topological polar surface area (TPSA) is 43.0 Å². The first kappa shape index (κ1) is 24.9. The van der Waals surface area contributed by atoms with Crippen LogP contribution in [0.5, 0.6) is 5.75 Å². The third kappa shape index (κ3) is 12.3. The lowest BCUT2D eigenvalue weighted by molar-refractivity contribution is -0.0230. The molecule has 1 heterocycles. The number of likely N-dealkylation sites (tertiary alicyclic amines) is 1. The number of piperidine rings is 1. The molecule has 1 fully saturated rings. The molecule has 0 atom stereocenters. The Morgan fingerprint density at radius 3 is 2.39 bits per heavy atom. The predicted octanol–water partition coefficient (Wildman–Crippen LogP) is 3.83. The van der Waals surface area contributed by atoms with Gasteiger partial charge in [-0.3, -0.25) is 4.90 Å². The normalized spacial score (nSPS) is 15.3. The van der Waals surface area contributed by atoms with Gasteiger partial charge in [0.1, 0.15) is 12.4 Å². The van der Waals surface area contributed by atoms with E-state index in [1.54, 1.807) is 0 Å². The predicted molar refractivity (Wildman–Crippen MR) is 117 cm³/mol. The summed E-state index contributed by atoms with van der Waals surface area (Å²) >= 11 is 0. The van der Waals surface area contributed by atoms with Crippen molar-refractivity contribution in [2.45, 2.75) is 46.6 Å². The van der Waals surface area contributed by atoms with Gasteiger partial charge in [-0.15, -0.1) is 0 Å². The van der Waals surface area contributed by atoms with E-state index >= 15 is 0 Å². The van der Waals surface area contributed by atoms with Crippen molar-refractivity contribution in [3.8, 4) is 5.75 Å². The molecule has 5 nitrogen and oxygen atoms in total. The van der Waals surface area contributed by atoms with Gasteiger partial charge in [0.25, 0.3) is 0 Å². The molecule has 0 amide bonds. The maximum Gasteiger partial charge on any atom is 0.119 e. The highest BCUT2D eigenvalue weighted by Crippen LogP contribution is 2.14. The molecule has 1 aromatic carbocycles. The molecule has 1 aliphatic heterocycles. The van der Waals surface area contributed by atoms with E-state index in [-0.39, 0.29) is 0 Å². The fourth-order valence-electron chi connectivity index (χ4n) is 3.02. The number of ether oxygens (including phenoxy) is 3. The fraction of sp³-hybridized carbons (Fsp3) is 0.739. The minimum absolute atomic E-state index is 0.379. The van der Waals surface area contributed by atoms with Gasteiger partial charge in [-0.05, 0) is 37.4 Å². The summed E-state index contributed by atoms with van der Waals surface area (Å²) in [5.74, 6) is 1.64. The molecular formula is C23H42N2O3. The van der Waals surface area contributed by atoms with E-state index in [2.05, 4.69) is 24.1 Å². The molecule has 1 N–H and O–H groups in total. The molecule has 162 valence electrons. The van der Waals surface area contributed by atoms with Gasteiger partial charge in [0.15, 0.2) is 0 Å². The van der Waals surface area contributed by atoms with Crippen molar-refractivity contribution in [3.63, 3.8) is 0 Å². The fourth-order valence-corrected chi connectivity index (χ4v) is 3.02. The highest BCUT2D eigenvalue weighted by Gasteiger charge is 2.19.